The Labute approximate surface area is 179 Å². The number of rotatable bonds is 6. The topological polar surface area (TPSA) is 61.4 Å². The molecule has 0 radical (unpaired) electrons. The van der Waals surface area contributed by atoms with Gasteiger partial charge >= 0.3 is 0 Å². The third-order valence-corrected chi connectivity index (χ3v) is 5.75. The fourth-order valence-electron chi connectivity index (χ4n) is 3.26. The Kier molecular flexibility index (Phi) is 6.44. The first-order valence-electron chi connectivity index (χ1n) is 9.74. The summed E-state index contributed by atoms with van der Waals surface area (Å²) in [6.45, 7) is 3.31. The first kappa shape index (κ1) is 20.2. The molecule has 3 aromatic rings. The first-order chi connectivity index (χ1) is 14.7. The second kappa shape index (κ2) is 9.58. The van der Waals surface area contributed by atoms with Crippen LogP contribution in [-0.2, 0) is 4.79 Å². The Bertz CT molecular complexity index is 961. The number of halogens is 1. The van der Waals surface area contributed by atoms with Crippen molar-refractivity contribution in [3.05, 3.63) is 72.5 Å². The number of hydrogen-bond acceptors (Lipinski definition) is 6. The zero-order valence-corrected chi connectivity index (χ0v) is 17.2. The minimum absolute atomic E-state index is 0.0750. The smallest absolute Gasteiger partial charge is 0.234 e. The van der Waals surface area contributed by atoms with E-state index in [1.807, 2.05) is 54.6 Å². The molecule has 1 amide bonds. The van der Waals surface area contributed by atoms with Gasteiger partial charge in [-0.2, -0.15) is 0 Å². The third-order valence-electron chi connectivity index (χ3n) is 4.83. The Morgan fingerprint density at radius 2 is 1.60 bits per heavy atom. The van der Waals surface area contributed by atoms with Gasteiger partial charge in [0, 0.05) is 37.6 Å². The Hall–Kier alpha value is -3.13. The van der Waals surface area contributed by atoms with Gasteiger partial charge in [-0.1, -0.05) is 30.0 Å². The highest BCUT2D eigenvalue weighted by Gasteiger charge is 2.19. The molecule has 6 nitrogen and oxygen atoms in total. The van der Waals surface area contributed by atoms with Crippen LogP contribution in [0.15, 0.2) is 71.8 Å². The number of benzene rings is 2. The summed E-state index contributed by atoms with van der Waals surface area (Å²) in [4.78, 5) is 16.5. The number of piperazine rings is 1. The molecule has 1 aliphatic heterocycles. The van der Waals surface area contributed by atoms with Gasteiger partial charge < -0.3 is 15.1 Å². The SMILES string of the molecule is O=C(CSc1ccc(N2CCN(c3ccc(F)cc3)CC2)nn1)Nc1ccccc1. The zero-order valence-electron chi connectivity index (χ0n) is 16.4. The lowest BCUT2D eigenvalue weighted by Crippen LogP contribution is -2.46. The zero-order chi connectivity index (χ0) is 20.8. The van der Waals surface area contributed by atoms with E-state index in [1.165, 1.54) is 23.9 Å². The predicted octanol–water partition coefficient (Wildman–Crippen LogP) is 3.67. The molecule has 1 aliphatic rings. The lowest BCUT2D eigenvalue weighted by Gasteiger charge is -2.36. The first-order valence-corrected chi connectivity index (χ1v) is 10.7. The molecule has 4 rings (SSSR count). The molecule has 1 saturated heterocycles. The van der Waals surface area contributed by atoms with Gasteiger partial charge in [-0.25, -0.2) is 4.39 Å². The number of amides is 1. The Morgan fingerprint density at radius 3 is 2.27 bits per heavy atom. The van der Waals surface area contributed by atoms with E-state index in [4.69, 9.17) is 0 Å². The monoisotopic (exact) mass is 423 g/mol. The predicted molar refractivity (Wildman–Crippen MR) is 119 cm³/mol. The summed E-state index contributed by atoms with van der Waals surface area (Å²) in [6.07, 6.45) is 0. The van der Waals surface area contributed by atoms with Gasteiger partial charge in [-0.15, -0.1) is 10.2 Å². The van der Waals surface area contributed by atoms with Gasteiger partial charge in [0.2, 0.25) is 5.91 Å². The highest BCUT2D eigenvalue weighted by atomic mass is 32.2. The van der Waals surface area contributed by atoms with E-state index < -0.39 is 0 Å². The van der Waals surface area contributed by atoms with Gasteiger partial charge in [0.05, 0.1) is 5.75 Å². The van der Waals surface area contributed by atoms with E-state index >= 15 is 0 Å². The van der Waals surface area contributed by atoms with E-state index in [2.05, 4.69) is 25.3 Å². The second-order valence-corrected chi connectivity index (χ2v) is 7.88. The minimum atomic E-state index is -0.219. The molecule has 154 valence electrons. The van der Waals surface area contributed by atoms with Crippen LogP contribution >= 0.6 is 11.8 Å². The molecule has 0 bridgehead atoms. The van der Waals surface area contributed by atoms with Crippen LogP contribution < -0.4 is 15.1 Å². The molecule has 0 saturated carbocycles. The van der Waals surface area contributed by atoms with Crippen molar-refractivity contribution in [2.24, 2.45) is 0 Å². The molecule has 0 aliphatic carbocycles. The number of carbonyl (C=O) groups is 1. The van der Waals surface area contributed by atoms with Gasteiger partial charge in [-0.3, -0.25) is 4.79 Å². The second-order valence-electron chi connectivity index (χ2n) is 6.88. The van der Waals surface area contributed by atoms with Crippen LogP contribution in [0, 0.1) is 5.82 Å². The van der Waals surface area contributed by atoms with E-state index in [9.17, 15) is 9.18 Å². The van der Waals surface area contributed by atoms with E-state index in [0.29, 0.717) is 5.03 Å². The molecule has 0 atom stereocenters. The average molecular weight is 424 g/mol. The van der Waals surface area contributed by atoms with Gasteiger partial charge in [-0.05, 0) is 48.5 Å². The fraction of sp³-hybridized carbons (Fsp3) is 0.227. The van der Waals surface area contributed by atoms with Crippen molar-refractivity contribution in [1.82, 2.24) is 10.2 Å². The summed E-state index contributed by atoms with van der Waals surface area (Å²) in [5.74, 6) is 0.809. The summed E-state index contributed by atoms with van der Waals surface area (Å²) in [6, 6.07) is 19.8. The molecular formula is C22H22FN5OS. The number of carbonyl (C=O) groups excluding carboxylic acids is 1. The lowest BCUT2D eigenvalue weighted by atomic mass is 10.2. The van der Waals surface area contributed by atoms with Crippen LogP contribution in [-0.4, -0.2) is 48.0 Å². The number of hydrogen-bond donors (Lipinski definition) is 1. The number of nitrogens with one attached hydrogen (secondary N) is 1. The van der Waals surface area contributed by atoms with Crippen LogP contribution in [0.3, 0.4) is 0 Å². The van der Waals surface area contributed by atoms with Gasteiger partial charge in [0.15, 0.2) is 5.82 Å². The normalized spacial score (nSPS) is 13.9. The quantitative estimate of drug-likeness (QED) is 0.611. The maximum absolute atomic E-state index is 13.1. The number of para-hydroxylation sites is 1. The molecule has 8 heteroatoms. The number of thioether (sulfide) groups is 1. The largest absolute Gasteiger partial charge is 0.368 e. The van der Waals surface area contributed by atoms with Crippen LogP contribution in [0.5, 0.6) is 0 Å². The number of nitrogens with zero attached hydrogens (tertiary/aromatic N) is 4. The van der Waals surface area contributed by atoms with Crippen molar-refractivity contribution in [1.29, 1.82) is 0 Å². The van der Waals surface area contributed by atoms with E-state index in [-0.39, 0.29) is 17.5 Å². The summed E-state index contributed by atoms with van der Waals surface area (Å²) >= 11 is 1.36. The van der Waals surface area contributed by atoms with Gasteiger partial charge in [0.25, 0.3) is 0 Å². The molecule has 2 heterocycles. The van der Waals surface area contributed by atoms with Gasteiger partial charge in [0.1, 0.15) is 10.8 Å². The average Bonchev–Trinajstić information content (AvgIpc) is 2.79. The third kappa shape index (κ3) is 5.27. The minimum Gasteiger partial charge on any atom is -0.368 e. The summed E-state index contributed by atoms with van der Waals surface area (Å²) in [5.41, 5.74) is 1.81. The van der Waals surface area contributed by atoms with Crippen molar-refractivity contribution in [3.63, 3.8) is 0 Å². The molecule has 0 unspecified atom stereocenters. The lowest BCUT2D eigenvalue weighted by molar-refractivity contribution is -0.113. The molecule has 0 spiro atoms. The van der Waals surface area contributed by atoms with Crippen LogP contribution in [0.25, 0.3) is 0 Å². The van der Waals surface area contributed by atoms with Crippen molar-refractivity contribution in [3.8, 4) is 0 Å². The molecule has 2 aromatic carbocycles. The molecule has 1 fully saturated rings. The maximum atomic E-state index is 13.1. The van der Waals surface area contributed by atoms with Crippen molar-refractivity contribution in [2.75, 3.05) is 47.0 Å². The van der Waals surface area contributed by atoms with Crippen LogP contribution in [0.2, 0.25) is 0 Å². The molecule has 1 aromatic heterocycles. The van der Waals surface area contributed by atoms with Crippen LogP contribution in [0.4, 0.5) is 21.6 Å². The van der Waals surface area contributed by atoms with Crippen molar-refractivity contribution < 1.29 is 9.18 Å². The summed E-state index contributed by atoms with van der Waals surface area (Å²) < 4.78 is 13.1. The Balaban J connectivity index is 1.25. The van der Waals surface area contributed by atoms with Crippen molar-refractivity contribution >= 4 is 34.9 Å². The highest BCUT2D eigenvalue weighted by Crippen LogP contribution is 2.21. The summed E-state index contributed by atoms with van der Waals surface area (Å²) in [7, 11) is 0. The maximum Gasteiger partial charge on any atom is 0.234 e. The molecule has 1 N–H and O–H groups in total. The highest BCUT2D eigenvalue weighted by molar-refractivity contribution is 7.99. The van der Waals surface area contributed by atoms with E-state index in [0.717, 1.165) is 43.4 Å². The Morgan fingerprint density at radius 1 is 0.900 bits per heavy atom. The standard InChI is InChI=1S/C22H22FN5OS/c23-17-6-8-19(9-7-17)27-12-14-28(15-13-27)20-10-11-22(26-25-20)30-16-21(29)24-18-4-2-1-3-5-18/h1-11H,12-16H2,(H,24,29). The number of anilines is 3. The molecule has 30 heavy (non-hydrogen) atoms. The molecular weight excluding hydrogens is 401 g/mol. The summed E-state index contributed by atoms with van der Waals surface area (Å²) in [5, 5.41) is 12.2. The van der Waals surface area contributed by atoms with E-state index in [1.54, 1.807) is 0 Å². The van der Waals surface area contributed by atoms with Crippen molar-refractivity contribution in [2.45, 2.75) is 5.03 Å². The van der Waals surface area contributed by atoms with Crippen LogP contribution in [0.1, 0.15) is 0 Å². The fourth-order valence-corrected chi connectivity index (χ4v) is 3.88. The number of aromatic nitrogens is 2.